The van der Waals surface area contributed by atoms with E-state index in [2.05, 4.69) is 30.6 Å². The molecule has 0 unspecified atom stereocenters. The highest BCUT2D eigenvalue weighted by molar-refractivity contribution is 6.04. The number of aryl methyl sites for hydroxylation is 4. The molecule has 4 amide bonds. The molecule has 0 aliphatic heterocycles. The number of oxazole rings is 2. The zero-order valence-electron chi connectivity index (χ0n) is 28.4. The number of amides is 4. The number of nitrogens with two attached hydrogens (primary N) is 2. The van der Waals surface area contributed by atoms with Gasteiger partial charge in [0, 0.05) is 38.1 Å². The van der Waals surface area contributed by atoms with Crippen LogP contribution in [-0.4, -0.2) is 52.7 Å². The van der Waals surface area contributed by atoms with Crippen LogP contribution in [0, 0.1) is 25.7 Å². The molecule has 1 fully saturated rings. The second kappa shape index (κ2) is 12.9. The van der Waals surface area contributed by atoms with Crippen molar-refractivity contribution in [1.29, 1.82) is 0 Å². The SMILES string of the molecule is CCc1nc(C)oc1C(=O)Nc1nc2cc(C(N)=O)ccc2n1C[C@H]1C[C@@H]1Cn1c(NC(=O)c2oc(C)nc2CC)nc2cc(C(N)=O)ccc21. The zero-order valence-corrected chi connectivity index (χ0v) is 28.4. The summed E-state index contributed by atoms with van der Waals surface area (Å²) in [5.41, 5.74) is 15.1. The lowest BCUT2D eigenvalue weighted by atomic mass is 10.2. The first-order valence-corrected chi connectivity index (χ1v) is 16.6. The van der Waals surface area contributed by atoms with E-state index in [1.807, 2.05) is 23.0 Å². The molecule has 2 aromatic carbocycles. The minimum atomic E-state index is -0.591. The van der Waals surface area contributed by atoms with Gasteiger partial charge in [-0.2, -0.15) is 0 Å². The Morgan fingerprint density at radius 1 is 0.706 bits per heavy atom. The summed E-state index contributed by atoms with van der Waals surface area (Å²) >= 11 is 0. The fourth-order valence-electron chi connectivity index (χ4n) is 6.44. The van der Waals surface area contributed by atoms with Gasteiger partial charge in [0.2, 0.25) is 35.2 Å². The first kappa shape index (κ1) is 33.2. The lowest BCUT2D eigenvalue weighted by molar-refractivity contribution is 0.0985. The molecule has 4 aromatic heterocycles. The molecule has 1 aliphatic carbocycles. The zero-order chi connectivity index (χ0) is 36.1. The van der Waals surface area contributed by atoms with Crippen LogP contribution >= 0.6 is 0 Å². The van der Waals surface area contributed by atoms with Crippen LogP contribution in [0.25, 0.3) is 22.1 Å². The van der Waals surface area contributed by atoms with Crippen LogP contribution in [-0.2, 0) is 25.9 Å². The Morgan fingerprint density at radius 2 is 1.12 bits per heavy atom. The molecule has 6 N–H and O–H groups in total. The van der Waals surface area contributed by atoms with Crippen molar-refractivity contribution in [3.05, 3.63) is 82.2 Å². The van der Waals surface area contributed by atoms with Crippen molar-refractivity contribution in [3.8, 4) is 0 Å². The first-order valence-electron chi connectivity index (χ1n) is 16.6. The van der Waals surface area contributed by atoms with Gasteiger partial charge in [-0.05, 0) is 67.5 Å². The number of anilines is 2. The molecule has 7 rings (SSSR count). The number of aromatic nitrogens is 6. The molecule has 0 bridgehead atoms. The monoisotopic (exact) mass is 692 g/mol. The number of benzene rings is 2. The van der Waals surface area contributed by atoms with Crippen LogP contribution in [0.3, 0.4) is 0 Å². The van der Waals surface area contributed by atoms with E-state index in [-0.39, 0.29) is 35.3 Å². The largest absolute Gasteiger partial charge is 0.436 e. The third kappa shape index (κ3) is 6.31. The maximum Gasteiger partial charge on any atom is 0.295 e. The van der Waals surface area contributed by atoms with Crippen LogP contribution in [0.1, 0.15) is 85.3 Å². The van der Waals surface area contributed by atoms with Gasteiger partial charge in [0.1, 0.15) is 0 Å². The number of carbonyl (C=O) groups excluding carboxylic acids is 4. The Bertz CT molecular complexity index is 2220. The minimum absolute atomic E-state index is 0.114. The fraction of sp³-hybridized carbons (Fsp3) is 0.314. The second-order valence-corrected chi connectivity index (χ2v) is 12.6. The van der Waals surface area contributed by atoms with Gasteiger partial charge in [-0.15, -0.1) is 0 Å². The van der Waals surface area contributed by atoms with E-state index in [9.17, 15) is 19.2 Å². The molecule has 0 saturated heterocycles. The number of hydrogen-bond donors (Lipinski definition) is 4. The lowest BCUT2D eigenvalue weighted by Crippen LogP contribution is -2.18. The minimum Gasteiger partial charge on any atom is -0.436 e. The Morgan fingerprint density at radius 3 is 1.49 bits per heavy atom. The van der Waals surface area contributed by atoms with E-state index < -0.39 is 23.6 Å². The van der Waals surface area contributed by atoms with Crippen molar-refractivity contribution >= 4 is 57.6 Å². The van der Waals surface area contributed by atoms with Gasteiger partial charge in [-0.3, -0.25) is 29.8 Å². The molecule has 16 heteroatoms. The van der Waals surface area contributed by atoms with Crippen LogP contribution in [0.2, 0.25) is 0 Å². The maximum atomic E-state index is 13.4. The number of nitrogens with zero attached hydrogens (tertiary/aromatic N) is 6. The Labute approximate surface area is 290 Å². The average molecular weight is 693 g/mol. The van der Waals surface area contributed by atoms with Crippen molar-refractivity contribution < 1.29 is 28.0 Å². The summed E-state index contributed by atoms with van der Waals surface area (Å²) in [5.74, 6) is -0.310. The molecule has 262 valence electrons. The summed E-state index contributed by atoms with van der Waals surface area (Å²) in [5, 5.41) is 5.78. The standard InChI is InChI=1S/C35H36N10O6/c1-5-22-28(50-16(3)38-22)32(48)42-34-40-24-12-18(30(36)46)7-9-26(24)44(34)14-20-11-21(20)15-45-27-10-8-19(31(37)47)13-25(27)41-35(45)43-33(49)29-23(6-2)39-17(4)51-29/h7-10,12-13,20-21H,5-6,11,14-15H2,1-4H3,(H2,36,46)(H2,37,47)(H,40,42,48)(H,41,43,49)/t20-,21-/m1/s1. The summed E-state index contributed by atoms with van der Waals surface area (Å²) in [6, 6.07) is 9.96. The number of rotatable bonds is 12. The van der Waals surface area contributed by atoms with Gasteiger partial charge in [-0.25, -0.2) is 19.9 Å². The highest BCUT2D eigenvalue weighted by Crippen LogP contribution is 2.43. The molecule has 2 atom stereocenters. The van der Waals surface area contributed by atoms with E-state index in [0.717, 1.165) is 6.42 Å². The highest BCUT2D eigenvalue weighted by Gasteiger charge is 2.39. The number of carbonyl (C=O) groups is 4. The second-order valence-electron chi connectivity index (χ2n) is 12.6. The lowest BCUT2D eigenvalue weighted by Gasteiger charge is -2.12. The summed E-state index contributed by atoms with van der Waals surface area (Å²) < 4.78 is 15.0. The van der Waals surface area contributed by atoms with E-state index in [4.69, 9.17) is 20.3 Å². The maximum absolute atomic E-state index is 13.4. The van der Waals surface area contributed by atoms with Crippen molar-refractivity contribution in [3.63, 3.8) is 0 Å². The number of primary amides is 2. The molecule has 0 radical (unpaired) electrons. The summed E-state index contributed by atoms with van der Waals surface area (Å²) in [6.45, 7) is 8.10. The summed E-state index contributed by atoms with van der Waals surface area (Å²) in [4.78, 5) is 68.6. The molecule has 1 saturated carbocycles. The number of hydrogen-bond acceptors (Lipinski definition) is 10. The molecule has 4 heterocycles. The molecule has 6 aromatic rings. The van der Waals surface area contributed by atoms with Crippen LogP contribution in [0.15, 0.2) is 45.2 Å². The van der Waals surface area contributed by atoms with Crippen molar-refractivity contribution in [2.45, 2.75) is 60.0 Å². The van der Waals surface area contributed by atoms with Gasteiger partial charge < -0.3 is 29.4 Å². The predicted octanol–water partition coefficient (Wildman–Crippen LogP) is 4.14. The molecule has 1 aliphatic rings. The van der Waals surface area contributed by atoms with E-state index in [1.165, 1.54) is 0 Å². The van der Waals surface area contributed by atoms with Gasteiger partial charge in [0.25, 0.3) is 11.8 Å². The van der Waals surface area contributed by atoms with Crippen molar-refractivity contribution in [2.24, 2.45) is 23.3 Å². The molecular weight excluding hydrogens is 656 g/mol. The number of fused-ring (bicyclic) bond motifs is 2. The van der Waals surface area contributed by atoms with Gasteiger partial charge in [0.15, 0.2) is 11.8 Å². The van der Waals surface area contributed by atoms with Gasteiger partial charge in [0.05, 0.1) is 33.5 Å². The van der Waals surface area contributed by atoms with E-state index in [1.54, 1.807) is 50.2 Å². The van der Waals surface area contributed by atoms with Crippen LogP contribution in [0.4, 0.5) is 11.9 Å². The normalized spacial score (nSPS) is 15.4. The predicted molar refractivity (Wildman–Crippen MR) is 185 cm³/mol. The molecule has 0 spiro atoms. The first-order chi connectivity index (χ1) is 24.4. The van der Waals surface area contributed by atoms with Gasteiger partial charge >= 0.3 is 0 Å². The third-order valence-corrected chi connectivity index (χ3v) is 9.11. The van der Waals surface area contributed by atoms with Crippen LogP contribution in [0.5, 0.6) is 0 Å². The summed E-state index contributed by atoms with van der Waals surface area (Å²) in [6.07, 6.45) is 1.84. The Balaban J connectivity index is 1.18. The average Bonchev–Trinajstić information content (AvgIpc) is 3.38. The van der Waals surface area contributed by atoms with Crippen LogP contribution < -0.4 is 22.1 Å². The molecule has 51 heavy (non-hydrogen) atoms. The van der Waals surface area contributed by atoms with E-state index >= 15 is 0 Å². The Hall–Kier alpha value is -6.32. The van der Waals surface area contributed by atoms with Crippen molar-refractivity contribution in [2.75, 3.05) is 10.6 Å². The number of imidazole rings is 2. The fourth-order valence-corrected chi connectivity index (χ4v) is 6.44. The number of nitrogens with one attached hydrogen (secondary N) is 2. The Kier molecular flexibility index (Phi) is 8.36. The topological polar surface area (TPSA) is 232 Å². The quantitative estimate of drug-likeness (QED) is 0.143. The highest BCUT2D eigenvalue weighted by atomic mass is 16.4. The van der Waals surface area contributed by atoms with Gasteiger partial charge in [-0.1, -0.05) is 13.8 Å². The molecule has 16 nitrogen and oxygen atoms in total. The van der Waals surface area contributed by atoms with Crippen molar-refractivity contribution in [1.82, 2.24) is 29.1 Å². The van der Waals surface area contributed by atoms with E-state index in [0.29, 0.717) is 82.3 Å². The smallest absolute Gasteiger partial charge is 0.295 e. The molecular formula is C35H36N10O6. The summed E-state index contributed by atoms with van der Waals surface area (Å²) in [7, 11) is 0. The third-order valence-electron chi connectivity index (χ3n) is 9.11.